The van der Waals surface area contributed by atoms with E-state index in [0.29, 0.717) is 12.8 Å². The second-order valence-electron chi connectivity index (χ2n) is 5.37. The van der Waals surface area contributed by atoms with Gasteiger partial charge in [-0.3, -0.25) is 4.79 Å². The number of rotatable bonds is 13. The summed E-state index contributed by atoms with van der Waals surface area (Å²) in [4.78, 5) is 10.3. The molecule has 0 aliphatic heterocycles. The van der Waals surface area contributed by atoms with Gasteiger partial charge in [-0.2, -0.15) is 0 Å². The summed E-state index contributed by atoms with van der Waals surface area (Å²) >= 11 is 0. The Labute approximate surface area is 122 Å². The smallest absolute Gasteiger partial charge is 0.303 e. The van der Waals surface area contributed by atoms with Crippen LogP contribution in [-0.4, -0.2) is 21.3 Å². The van der Waals surface area contributed by atoms with Gasteiger partial charge >= 0.3 is 5.97 Å². The lowest BCUT2D eigenvalue weighted by molar-refractivity contribution is -0.137. The van der Waals surface area contributed by atoms with E-state index in [0.717, 1.165) is 44.9 Å². The van der Waals surface area contributed by atoms with E-state index in [2.05, 4.69) is 6.92 Å². The van der Waals surface area contributed by atoms with Crippen LogP contribution in [0.5, 0.6) is 0 Å². The van der Waals surface area contributed by atoms with Crippen LogP contribution in [0.3, 0.4) is 0 Å². The van der Waals surface area contributed by atoms with Gasteiger partial charge in [-0.1, -0.05) is 45.4 Å². The van der Waals surface area contributed by atoms with Gasteiger partial charge in [-0.15, -0.1) is 0 Å². The molecule has 0 saturated carbocycles. The molecule has 0 aliphatic rings. The molecular weight excluding hydrogens is 256 g/mol. The number of hydrogen-bond donors (Lipinski definition) is 3. The summed E-state index contributed by atoms with van der Waals surface area (Å²) in [6.07, 6.45) is 10.1. The lowest BCUT2D eigenvalue weighted by Crippen LogP contribution is -1.94. The molecule has 4 heteroatoms. The molecule has 20 heavy (non-hydrogen) atoms. The molecule has 4 nitrogen and oxygen atoms in total. The van der Waals surface area contributed by atoms with Crippen LogP contribution in [0.1, 0.15) is 84.0 Å². The van der Waals surface area contributed by atoms with Crippen molar-refractivity contribution in [1.29, 1.82) is 0 Å². The fraction of sp³-hybridized carbons (Fsp3) is 0.812. The molecule has 0 spiro atoms. The topological polar surface area (TPSA) is 77.8 Å². The van der Waals surface area contributed by atoms with Crippen LogP contribution < -0.4 is 0 Å². The van der Waals surface area contributed by atoms with Crippen LogP contribution >= 0.6 is 0 Å². The maximum absolute atomic E-state index is 10.3. The van der Waals surface area contributed by atoms with Crippen molar-refractivity contribution >= 4 is 5.97 Å². The second kappa shape index (κ2) is 12.8. The molecule has 0 atom stereocenters. The van der Waals surface area contributed by atoms with Gasteiger partial charge in [-0.05, 0) is 19.3 Å². The maximum Gasteiger partial charge on any atom is 0.303 e. The minimum atomic E-state index is -0.737. The average molecular weight is 286 g/mol. The predicted molar refractivity (Wildman–Crippen MR) is 81.0 cm³/mol. The van der Waals surface area contributed by atoms with Gasteiger partial charge in [0.25, 0.3) is 0 Å². The molecule has 0 bridgehead atoms. The van der Waals surface area contributed by atoms with Gasteiger partial charge in [0.1, 0.15) is 11.5 Å². The Morgan fingerprint density at radius 2 is 1.05 bits per heavy atom. The van der Waals surface area contributed by atoms with Crippen LogP contribution in [0.25, 0.3) is 0 Å². The normalized spacial score (nSPS) is 12.2. The monoisotopic (exact) mass is 286 g/mol. The number of aliphatic carboxylic acids is 1. The lowest BCUT2D eigenvalue weighted by atomic mass is 10.1. The Balaban J connectivity index is 3.54. The van der Waals surface area contributed by atoms with Crippen LogP contribution in [0.2, 0.25) is 0 Å². The summed E-state index contributed by atoms with van der Waals surface area (Å²) in [6, 6.07) is 0. The number of carboxylic acid groups (broad SMARTS) is 1. The minimum Gasteiger partial charge on any atom is -0.509 e. The quantitative estimate of drug-likeness (QED) is 0.325. The fourth-order valence-corrected chi connectivity index (χ4v) is 2.11. The van der Waals surface area contributed by atoms with E-state index in [9.17, 15) is 15.0 Å². The number of aliphatic hydroxyl groups is 2. The molecule has 0 unspecified atom stereocenters. The third kappa shape index (κ3) is 11.9. The minimum absolute atomic E-state index is 0.132. The Kier molecular flexibility index (Phi) is 12.1. The van der Waals surface area contributed by atoms with Crippen LogP contribution in [0.15, 0.2) is 11.5 Å². The third-order valence-corrected chi connectivity index (χ3v) is 3.40. The first-order valence-corrected chi connectivity index (χ1v) is 7.89. The predicted octanol–water partition coefficient (Wildman–Crippen LogP) is 5.10. The number of hydrogen-bond acceptors (Lipinski definition) is 3. The Hall–Kier alpha value is -1.19. The number of carbonyl (C=O) groups is 1. The van der Waals surface area contributed by atoms with E-state index in [1.165, 1.54) is 12.8 Å². The van der Waals surface area contributed by atoms with Crippen molar-refractivity contribution in [3.05, 3.63) is 11.5 Å². The van der Waals surface area contributed by atoms with E-state index in [1.54, 1.807) is 0 Å². The van der Waals surface area contributed by atoms with Gasteiger partial charge in [0.2, 0.25) is 0 Å². The highest BCUT2D eigenvalue weighted by Crippen LogP contribution is 2.16. The van der Waals surface area contributed by atoms with E-state index >= 15 is 0 Å². The number of unbranched alkanes of at least 4 members (excludes halogenated alkanes) is 7. The van der Waals surface area contributed by atoms with Crippen LogP contribution in [0, 0.1) is 0 Å². The zero-order valence-electron chi connectivity index (χ0n) is 12.7. The number of allylic oxidation sites excluding steroid dienone is 2. The van der Waals surface area contributed by atoms with Crippen molar-refractivity contribution in [2.75, 3.05) is 0 Å². The summed E-state index contributed by atoms with van der Waals surface area (Å²) in [5, 5.41) is 27.9. The molecule has 0 heterocycles. The first-order valence-electron chi connectivity index (χ1n) is 7.89. The highest BCUT2D eigenvalue weighted by Gasteiger charge is 2.04. The van der Waals surface area contributed by atoms with Gasteiger partial charge in [0.15, 0.2) is 0 Å². The molecule has 0 aromatic rings. The van der Waals surface area contributed by atoms with E-state index < -0.39 is 5.97 Å². The van der Waals surface area contributed by atoms with Crippen molar-refractivity contribution in [1.82, 2.24) is 0 Å². The molecule has 0 radical (unpaired) electrons. The van der Waals surface area contributed by atoms with Gasteiger partial charge < -0.3 is 15.3 Å². The largest absolute Gasteiger partial charge is 0.509 e. The summed E-state index contributed by atoms with van der Waals surface area (Å²) in [5.41, 5.74) is 0. The van der Waals surface area contributed by atoms with E-state index in [-0.39, 0.29) is 17.9 Å². The maximum atomic E-state index is 10.3. The van der Waals surface area contributed by atoms with Crippen LogP contribution in [-0.2, 0) is 4.79 Å². The zero-order valence-corrected chi connectivity index (χ0v) is 12.7. The molecule has 0 amide bonds. The van der Waals surface area contributed by atoms with Gasteiger partial charge in [0.05, 0.1) is 0 Å². The fourth-order valence-electron chi connectivity index (χ4n) is 2.11. The Morgan fingerprint density at radius 3 is 1.50 bits per heavy atom. The molecule has 118 valence electrons. The molecule has 0 aromatic heterocycles. The summed E-state index contributed by atoms with van der Waals surface area (Å²) in [6.45, 7) is 2.14. The van der Waals surface area contributed by atoms with Crippen molar-refractivity contribution < 1.29 is 20.1 Å². The molecule has 0 fully saturated rings. The highest BCUT2D eigenvalue weighted by atomic mass is 16.4. The third-order valence-electron chi connectivity index (χ3n) is 3.40. The van der Waals surface area contributed by atoms with Crippen molar-refractivity contribution in [2.45, 2.75) is 84.0 Å². The molecular formula is C16H30O4. The Bertz CT molecular complexity index is 284. The van der Waals surface area contributed by atoms with E-state index in [4.69, 9.17) is 5.11 Å². The average Bonchev–Trinajstić information content (AvgIpc) is 2.41. The van der Waals surface area contributed by atoms with Crippen molar-refractivity contribution in [2.24, 2.45) is 0 Å². The molecule has 0 aromatic carbocycles. The van der Waals surface area contributed by atoms with Gasteiger partial charge in [0, 0.05) is 19.3 Å². The lowest BCUT2D eigenvalue weighted by Gasteiger charge is -2.05. The Morgan fingerprint density at radius 1 is 0.650 bits per heavy atom. The molecule has 3 N–H and O–H groups in total. The van der Waals surface area contributed by atoms with E-state index in [1.807, 2.05) is 0 Å². The molecule has 0 saturated heterocycles. The molecule has 0 rings (SSSR count). The standard InChI is InChI=1S/C16H30O4/c1-2-3-4-8-11-14(17)15(18)12-9-6-5-7-10-13-16(19)20/h17-18H,2-13H2,1H3,(H,19,20)/b15-14-. The van der Waals surface area contributed by atoms with Crippen LogP contribution in [0.4, 0.5) is 0 Å². The number of aliphatic hydroxyl groups excluding tert-OH is 2. The number of carboxylic acids is 1. The summed E-state index contributed by atoms with van der Waals surface area (Å²) < 4.78 is 0. The van der Waals surface area contributed by atoms with Crippen molar-refractivity contribution in [3.63, 3.8) is 0 Å². The SMILES string of the molecule is CCCCCC/C(O)=C(/O)CCCCCCCC(=O)O. The zero-order chi connectivity index (χ0) is 15.2. The first-order chi connectivity index (χ1) is 9.57. The summed E-state index contributed by atoms with van der Waals surface area (Å²) in [7, 11) is 0. The first kappa shape index (κ1) is 18.8. The summed E-state index contributed by atoms with van der Waals surface area (Å²) in [5.74, 6) is -0.461. The van der Waals surface area contributed by atoms with Gasteiger partial charge in [-0.25, -0.2) is 0 Å². The molecule has 0 aliphatic carbocycles. The second-order valence-corrected chi connectivity index (χ2v) is 5.37. The highest BCUT2D eigenvalue weighted by molar-refractivity contribution is 5.66. The van der Waals surface area contributed by atoms with Crippen molar-refractivity contribution in [3.8, 4) is 0 Å².